The van der Waals surface area contributed by atoms with Gasteiger partial charge in [-0.15, -0.1) is 11.3 Å². The average Bonchev–Trinajstić information content (AvgIpc) is 3.34. The van der Waals surface area contributed by atoms with Crippen molar-refractivity contribution in [2.45, 2.75) is 13.8 Å². The van der Waals surface area contributed by atoms with Crippen LogP contribution < -0.4 is 0 Å². The fraction of sp³-hybridized carbons (Fsp3) is 0.130. The average molecular weight is 388 g/mol. The van der Waals surface area contributed by atoms with Gasteiger partial charge in [-0.25, -0.2) is 9.48 Å². The van der Waals surface area contributed by atoms with Gasteiger partial charge in [-0.1, -0.05) is 60.7 Å². The van der Waals surface area contributed by atoms with Gasteiger partial charge in [-0.3, -0.25) is 0 Å². The van der Waals surface area contributed by atoms with Crippen LogP contribution in [0.15, 0.2) is 72.8 Å². The summed E-state index contributed by atoms with van der Waals surface area (Å²) in [6.07, 6.45) is 0. The van der Waals surface area contributed by atoms with Gasteiger partial charge < -0.3 is 4.74 Å². The molecule has 28 heavy (non-hydrogen) atoms. The second kappa shape index (κ2) is 7.82. The highest BCUT2D eigenvalue weighted by molar-refractivity contribution is 7.16. The zero-order valence-electron chi connectivity index (χ0n) is 15.8. The van der Waals surface area contributed by atoms with Crippen LogP contribution in [-0.4, -0.2) is 22.4 Å². The van der Waals surface area contributed by atoms with Crippen molar-refractivity contribution in [2.24, 2.45) is 0 Å². The molecule has 0 atom stereocenters. The van der Waals surface area contributed by atoms with E-state index in [1.165, 1.54) is 11.3 Å². The lowest BCUT2D eigenvalue weighted by Gasteiger charge is -2.06. The van der Waals surface area contributed by atoms with Crippen LogP contribution >= 0.6 is 11.3 Å². The first kappa shape index (κ1) is 18.2. The van der Waals surface area contributed by atoms with Gasteiger partial charge in [-0.2, -0.15) is 5.10 Å². The number of nitrogens with zero attached hydrogens (tertiary/aromatic N) is 2. The molecule has 0 aliphatic heterocycles. The number of ether oxygens (including phenoxy) is 1. The minimum absolute atomic E-state index is 0.299. The van der Waals surface area contributed by atoms with Gasteiger partial charge in [0.15, 0.2) is 0 Å². The van der Waals surface area contributed by atoms with Crippen LogP contribution in [0.25, 0.3) is 27.5 Å². The summed E-state index contributed by atoms with van der Waals surface area (Å²) in [4.78, 5) is 12.7. The molecule has 0 radical (unpaired) electrons. The number of thiophene rings is 1. The molecule has 0 saturated carbocycles. The third kappa shape index (κ3) is 3.37. The van der Waals surface area contributed by atoms with Crippen molar-refractivity contribution < 1.29 is 9.53 Å². The number of carbonyl (C=O) groups is 1. The number of esters is 1. The first-order chi connectivity index (χ1) is 13.7. The van der Waals surface area contributed by atoms with E-state index in [-0.39, 0.29) is 5.97 Å². The molecule has 4 rings (SSSR count). The van der Waals surface area contributed by atoms with Gasteiger partial charge in [0.05, 0.1) is 18.0 Å². The highest BCUT2D eigenvalue weighted by Crippen LogP contribution is 2.35. The van der Waals surface area contributed by atoms with E-state index in [1.54, 1.807) is 6.07 Å². The molecule has 140 valence electrons. The summed E-state index contributed by atoms with van der Waals surface area (Å²) < 4.78 is 7.06. The van der Waals surface area contributed by atoms with E-state index < -0.39 is 0 Å². The molecule has 0 fully saturated rings. The van der Waals surface area contributed by atoms with Gasteiger partial charge in [0.1, 0.15) is 9.88 Å². The van der Waals surface area contributed by atoms with E-state index in [0.29, 0.717) is 11.5 Å². The van der Waals surface area contributed by atoms with Crippen LogP contribution in [0, 0.1) is 6.92 Å². The predicted octanol–water partition coefficient (Wildman–Crippen LogP) is 5.75. The summed E-state index contributed by atoms with van der Waals surface area (Å²) in [5.74, 6) is -0.299. The number of carbonyl (C=O) groups excluding carboxylic acids is 1. The summed E-state index contributed by atoms with van der Waals surface area (Å²) in [6.45, 7) is 4.26. The molecule has 4 aromatic rings. The number of aromatic nitrogens is 2. The van der Waals surface area contributed by atoms with Gasteiger partial charge >= 0.3 is 5.97 Å². The smallest absolute Gasteiger partial charge is 0.348 e. The Labute approximate surface area is 168 Å². The Kier molecular flexibility index (Phi) is 5.08. The molecule has 5 heteroatoms. The fourth-order valence-corrected chi connectivity index (χ4v) is 4.07. The molecular weight excluding hydrogens is 368 g/mol. The molecule has 4 nitrogen and oxygen atoms in total. The Balaban J connectivity index is 1.88. The molecule has 2 aromatic heterocycles. The van der Waals surface area contributed by atoms with Gasteiger partial charge in [0.2, 0.25) is 0 Å². The van der Waals surface area contributed by atoms with Crippen molar-refractivity contribution in [3.8, 4) is 27.5 Å². The molecule has 0 spiro atoms. The molecule has 0 unspecified atom stereocenters. The quantitative estimate of drug-likeness (QED) is 0.409. The standard InChI is InChI=1S/C23H20N2O2S/c1-3-27-23(26)19-14-15-20(28-19)25-22(18-12-8-5-9-13-18)16(2)21(24-25)17-10-6-4-7-11-17/h4-15H,3H2,1-2H3. The van der Waals surface area contributed by atoms with Crippen LogP contribution in [0.1, 0.15) is 22.2 Å². The maximum absolute atomic E-state index is 12.1. The largest absolute Gasteiger partial charge is 0.462 e. The Morgan fingerprint density at radius 1 is 0.964 bits per heavy atom. The molecule has 2 aromatic carbocycles. The molecule has 0 N–H and O–H groups in total. The third-order valence-electron chi connectivity index (χ3n) is 4.49. The number of hydrogen-bond donors (Lipinski definition) is 0. The number of rotatable bonds is 5. The summed E-state index contributed by atoms with van der Waals surface area (Å²) in [6, 6.07) is 24.1. The summed E-state index contributed by atoms with van der Waals surface area (Å²) in [5, 5.41) is 5.80. The van der Waals surface area contributed by atoms with E-state index in [1.807, 2.05) is 54.1 Å². The first-order valence-electron chi connectivity index (χ1n) is 9.17. The zero-order valence-corrected chi connectivity index (χ0v) is 16.6. The SMILES string of the molecule is CCOC(=O)c1ccc(-n2nc(-c3ccccc3)c(C)c2-c2ccccc2)s1. The topological polar surface area (TPSA) is 44.1 Å². The lowest BCUT2D eigenvalue weighted by Crippen LogP contribution is -2.01. The van der Waals surface area contributed by atoms with Crippen molar-refractivity contribution in [2.75, 3.05) is 6.61 Å². The fourth-order valence-electron chi connectivity index (χ4n) is 3.21. The van der Waals surface area contributed by atoms with Crippen LogP contribution in [0.4, 0.5) is 0 Å². The van der Waals surface area contributed by atoms with E-state index in [4.69, 9.17) is 9.84 Å². The van der Waals surface area contributed by atoms with E-state index in [2.05, 4.69) is 31.2 Å². The predicted molar refractivity (Wildman–Crippen MR) is 113 cm³/mol. The van der Waals surface area contributed by atoms with E-state index >= 15 is 0 Å². The summed E-state index contributed by atoms with van der Waals surface area (Å²) >= 11 is 1.39. The van der Waals surface area contributed by atoms with Crippen molar-refractivity contribution in [3.05, 3.63) is 83.2 Å². The summed E-state index contributed by atoms with van der Waals surface area (Å²) in [7, 11) is 0. The van der Waals surface area contributed by atoms with Crippen LogP contribution in [0.5, 0.6) is 0 Å². The maximum Gasteiger partial charge on any atom is 0.348 e. The van der Waals surface area contributed by atoms with Gasteiger partial charge in [0.25, 0.3) is 0 Å². The second-order valence-corrected chi connectivity index (χ2v) is 7.39. The number of hydrogen-bond acceptors (Lipinski definition) is 4. The van der Waals surface area contributed by atoms with E-state index in [0.717, 1.165) is 33.1 Å². The van der Waals surface area contributed by atoms with Gasteiger partial charge in [0, 0.05) is 16.7 Å². The molecule has 0 bridgehead atoms. The third-order valence-corrected chi connectivity index (χ3v) is 5.53. The lowest BCUT2D eigenvalue weighted by atomic mass is 10.0. The Hall–Kier alpha value is -3.18. The van der Waals surface area contributed by atoms with Crippen LogP contribution in [0.3, 0.4) is 0 Å². The maximum atomic E-state index is 12.1. The van der Waals surface area contributed by atoms with Crippen molar-refractivity contribution in [1.29, 1.82) is 0 Å². The van der Waals surface area contributed by atoms with Crippen LogP contribution in [0.2, 0.25) is 0 Å². The van der Waals surface area contributed by atoms with E-state index in [9.17, 15) is 4.79 Å². The zero-order chi connectivity index (χ0) is 19.5. The second-order valence-electron chi connectivity index (χ2n) is 6.32. The Morgan fingerprint density at radius 2 is 1.61 bits per heavy atom. The molecule has 2 heterocycles. The van der Waals surface area contributed by atoms with Crippen molar-refractivity contribution in [1.82, 2.24) is 9.78 Å². The highest BCUT2D eigenvalue weighted by atomic mass is 32.1. The minimum Gasteiger partial charge on any atom is -0.462 e. The minimum atomic E-state index is -0.299. The monoisotopic (exact) mass is 388 g/mol. The highest BCUT2D eigenvalue weighted by Gasteiger charge is 2.20. The molecule has 0 aliphatic carbocycles. The first-order valence-corrected chi connectivity index (χ1v) is 9.98. The van der Waals surface area contributed by atoms with Gasteiger partial charge in [-0.05, 0) is 26.0 Å². The van der Waals surface area contributed by atoms with Crippen LogP contribution in [-0.2, 0) is 4.74 Å². The Morgan fingerprint density at radius 3 is 2.25 bits per heavy atom. The molecule has 0 amide bonds. The summed E-state index contributed by atoms with van der Waals surface area (Å²) in [5.41, 5.74) is 5.21. The molecule has 0 aliphatic rings. The normalized spacial score (nSPS) is 10.8. The van der Waals surface area contributed by atoms with Crippen molar-refractivity contribution >= 4 is 17.3 Å². The molecule has 0 saturated heterocycles. The molecular formula is C23H20N2O2S. The Bertz CT molecular complexity index is 1100. The number of benzene rings is 2. The van der Waals surface area contributed by atoms with Crippen molar-refractivity contribution in [3.63, 3.8) is 0 Å². The lowest BCUT2D eigenvalue weighted by molar-refractivity contribution is 0.0532.